The van der Waals surface area contributed by atoms with Gasteiger partial charge in [-0.3, -0.25) is 0 Å². The zero-order chi connectivity index (χ0) is 12.5. The maximum absolute atomic E-state index is 12.9. The number of benzene rings is 1. The summed E-state index contributed by atoms with van der Waals surface area (Å²) in [6, 6.07) is 6.38. The third kappa shape index (κ3) is 1.83. The highest BCUT2D eigenvalue weighted by Gasteiger charge is 2.19. The van der Waals surface area contributed by atoms with Crippen LogP contribution in [0.4, 0.5) is 10.2 Å². The number of aromatic nitrogens is 2. The molecule has 18 heavy (non-hydrogen) atoms. The van der Waals surface area contributed by atoms with Crippen LogP contribution in [0.1, 0.15) is 24.0 Å². The topological polar surface area (TPSA) is 51.8 Å². The first-order chi connectivity index (χ1) is 8.75. The van der Waals surface area contributed by atoms with Gasteiger partial charge >= 0.3 is 0 Å². The van der Waals surface area contributed by atoms with Crippen LogP contribution in [-0.2, 0) is 12.8 Å². The van der Waals surface area contributed by atoms with E-state index in [1.54, 1.807) is 12.1 Å². The number of halogens is 1. The van der Waals surface area contributed by atoms with Gasteiger partial charge in [0, 0.05) is 11.1 Å². The predicted molar refractivity (Wildman–Crippen MR) is 68.5 cm³/mol. The second-order valence-corrected chi connectivity index (χ2v) is 4.60. The van der Waals surface area contributed by atoms with Crippen LogP contribution >= 0.6 is 0 Å². The number of fused-ring (bicyclic) bond motifs is 1. The highest BCUT2D eigenvalue weighted by molar-refractivity contribution is 5.66. The predicted octanol–water partition coefficient (Wildman–Crippen LogP) is 2.74. The monoisotopic (exact) mass is 243 g/mol. The Morgan fingerprint density at radius 1 is 0.944 bits per heavy atom. The van der Waals surface area contributed by atoms with Crippen molar-refractivity contribution in [2.75, 3.05) is 5.73 Å². The van der Waals surface area contributed by atoms with Crippen LogP contribution in [0, 0.1) is 5.82 Å². The number of anilines is 1. The minimum atomic E-state index is -0.240. The number of hydrogen-bond acceptors (Lipinski definition) is 3. The van der Waals surface area contributed by atoms with Crippen molar-refractivity contribution < 1.29 is 4.39 Å². The van der Waals surface area contributed by atoms with Gasteiger partial charge in [-0.25, -0.2) is 4.39 Å². The molecule has 92 valence electrons. The molecule has 1 heterocycles. The SMILES string of the molecule is Nc1nnc(-c2ccc(F)cc2)c2c1CCCC2. The Hall–Kier alpha value is -1.97. The third-order valence-electron chi connectivity index (χ3n) is 3.44. The molecule has 1 aliphatic rings. The average molecular weight is 243 g/mol. The minimum absolute atomic E-state index is 0.240. The first kappa shape index (κ1) is 11.1. The van der Waals surface area contributed by atoms with Crippen LogP contribution in [0.25, 0.3) is 11.3 Å². The number of nitrogens with two attached hydrogens (primary N) is 1. The van der Waals surface area contributed by atoms with Gasteiger partial charge in [-0.1, -0.05) is 0 Å². The van der Waals surface area contributed by atoms with Crippen molar-refractivity contribution in [3.8, 4) is 11.3 Å². The van der Waals surface area contributed by atoms with E-state index in [2.05, 4.69) is 10.2 Å². The molecule has 0 fully saturated rings. The molecule has 0 spiro atoms. The Bertz CT molecular complexity index is 578. The van der Waals surface area contributed by atoms with Crippen LogP contribution in [0.2, 0.25) is 0 Å². The highest BCUT2D eigenvalue weighted by Crippen LogP contribution is 2.31. The molecule has 3 rings (SSSR count). The summed E-state index contributed by atoms with van der Waals surface area (Å²) < 4.78 is 12.9. The van der Waals surface area contributed by atoms with Gasteiger partial charge in [0.1, 0.15) is 11.6 Å². The summed E-state index contributed by atoms with van der Waals surface area (Å²) in [7, 11) is 0. The van der Waals surface area contributed by atoms with Crippen molar-refractivity contribution in [3.05, 3.63) is 41.2 Å². The first-order valence-electron chi connectivity index (χ1n) is 6.15. The molecule has 1 aromatic carbocycles. The zero-order valence-electron chi connectivity index (χ0n) is 9.99. The normalized spacial score (nSPS) is 14.3. The summed E-state index contributed by atoms with van der Waals surface area (Å²) in [5.74, 6) is 0.298. The summed E-state index contributed by atoms with van der Waals surface area (Å²) >= 11 is 0. The van der Waals surface area contributed by atoms with E-state index < -0.39 is 0 Å². The molecule has 0 saturated carbocycles. The number of rotatable bonds is 1. The van der Waals surface area contributed by atoms with E-state index in [1.165, 1.54) is 17.7 Å². The lowest BCUT2D eigenvalue weighted by Crippen LogP contribution is -2.11. The molecule has 3 nitrogen and oxygen atoms in total. The molecule has 4 heteroatoms. The van der Waals surface area contributed by atoms with Gasteiger partial charge in [-0.15, -0.1) is 10.2 Å². The fraction of sp³-hybridized carbons (Fsp3) is 0.286. The Labute approximate surface area is 105 Å². The second kappa shape index (κ2) is 4.37. The summed E-state index contributed by atoms with van der Waals surface area (Å²) in [6.07, 6.45) is 4.23. The molecule has 1 aromatic heterocycles. The highest BCUT2D eigenvalue weighted by atomic mass is 19.1. The van der Waals surface area contributed by atoms with Gasteiger partial charge in [-0.2, -0.15) is 0 Å². The number of nitrogens with zero attached hydrogens (tertiary/aromatic N) is 2. The summed E-state index contributed by atoms with van der Waals surface area (Å²) in [6.45, 7) is 0. The van der Waals surface area contributed by atoms with Crippen molar-refractivity contribution in [3.63, 3.8) is 0 Å². The van der Waals surface area contributed by atoms with Gasteiger partial charge < -0.3 is 5.73 Å². The molecule has 2 N–H and O–H groups in total. The second-order valence-electron chi connectivity index (χ2n) is 4.60. The zero-order valence-corrected chi connectivity index (χ0v) is 9.99. The smallest absolute Gasteiger partial charge is 0.149 e. The van der Waals surface area contributed by atoms with Crippen molar-refractivity contribution in [2.45, 2.75) is 25.7 Å². The lowest BCUT2D eigenvalue weighted by molar-refractivity contribution is 0.628. The largest absolute Gasteiger partial charge is 0.382 e. The maximum Gasteiger partial charge on any atom is 0.149 e. The molecular weight excluding hydrogens is 229 g/mol. The van der Waals surface area contributed by atoms with E-state index in [1.807, 2.05) is 0 Å². The van der Waals surface area contributed by atoms with Crippen LogP contribution in [0.5, 0.6) is 0 Å². The summed E-state index contributed by atoms with van der Waals surface area (Å²) in [4.78, 5) is 0. The van der Waals surface area contributed by atoms with Crippen molar-refractivity contribution in [1.29, 1.82) is 0 Å². The van der Waals surface area contributed by atoms with Crippen molar-refractivity contribution >= 4 is 5.82 Å². The van der Waals surface area contributed by atoms with Gasteiger partial charge in [0.2, 0.25) is 0 Å². The van der Waals surface area contributed by atoms with Crippen LogP contribution in [0.15, 0.2) is 24.3 Å². The maximum atomic E-state index is 12.9. The fourth-order valence-corrected chi connectivity index (χ4v) is 2.51. The molecule has 1 aliphatic carbocycles. The fourth-order valence-electron chi connectivity index (χ4n) is 2.51. The Kier molecular flexibility index (Phi) is 2.70. The molecular formula is C14H14FN3. The van der Waals surface area contributed by atoms with Crippen LogP contribution in [0.3, 0.4) is 0 Å². The quantitative estimate of drug-likeness (QED) is 0.837. The molecule has 2 aromatic rings. The molecule has 0 bridgehead atoms. The van der Waals surface area contributed by atoms with Crippen molar-refractivity contribution in [1.82, 2.24) is 10.2 Å². The Morgan fingerprint density at radius 2 is 1.61 bits per heavy atom. The molecule has 0 atom stereocenters. The summed E-state index contributed by atoms with van der Waals surface area (Å²) in [5.41, 5.74) is 9.93. The third-order valence-corrected chi connectivity index (χ3v) is 3.44. The lowest BCUT2D eigenvalue weighted by atomic mass is 9.89. The van der Waals surface area contributed by atoms with Gasteiger partial charge in [0.15, 0.2) is 0 Å². The van der Waals surface area contributed by atoms with E-state index in [9.17, 15) is 4.39 Å². The summed E-state index contributed by atoms with van der Waals surface area (Å²) in [5, 5.41) is 8.22. The molecule has 0 amide bonds. The molecule has 0 radical (unpaired) electrons. The Balaban J connectivity index is 2.15. The number of nitrogen functional groups attached to an aromatic ring is 1. The number of hydrogen-bond donors (Lipinski definition) is 1. The van der Waals surface area contributed by atoms with Gasteiger partial charge in [-0.05, 0) is 55.5 Å². The minimum Gasteiger partial charge on any atom is -0.382 e. The van der Waals surface area contributed by atoms with Crippen LogP contribution < -0.4 is 5.73 Å². The van der Waals surface area contributed by atoms with E-state index >= 15 is 0 Å². The van der Waals surface area contributed by atoms with Gasteiger partial charge in [0.05, 0.1) is 5.69 Å². The standard InChI is InChI=1S/C14H14FN3/c15-10-7-5-9(6-8-10)13-11-3-1-2-4-12(11)14(16)18-17-13/h5-8H,1-4H2,(H2,16,18). The van der Waals surface area contributed by atoms with Crippen molar-refractivity contribution in [2.24, 2.45) is 0 Å². The first-order valence-corrected chi connectivity index (χ1v) is 6.15. The molecule has 0 aliphatic heterocycles. The van der Waals surface area contributed by atoms with E-state index in [-0.39, 0.29) is 5.82 Å². The van der Waals surface area contributed by atoms with Crippen LogP contribution in [-0.4, -0.2) is 10.2 Å². The van der Waals surface area contributed by atoms with E-state index in [0.29, 0.717) is 5.82 Å². The van der Waals surface area contributed by atoms with Gasteiger partial charge in [0.25, 0.3) is 0 Å². The Morgan fingerprint density at radius 3 is 2.33 bits per heavy atom. The lowest BCUT2D eigenvalue weighted by Gasteiger charge is -2.19. The molecule has 0 unspecified atom stereocenters. The molecule has 0 saturated heterocycles. The average Bonchev–Trinajstić information content (AvgIpc) is 2.41. The van der Waals surface area contributed by atoms with E-state index in [0.717, 1.165) is 42.5 Å². The van der Waals surface area contributed by atoms with E-state index in [4.69, 9.17) is 5.73 Å².